The topological polar surface area (TPSA) is 21.3 Å². The number of hydrogen-bond donors (Lipinski definition) is 1. The second kappa shape index (κ2) is 7.09. The summed E-state index contributed by atoms with van der Waals surface area (Å²) in [5.74, 6) is 0.747. The van der Waals surface area contributed by atoms with Crippen molar-refractivity contribution in [2.75, 3.05) is 13.2 Å². The molecular weight excluding hydrogens is 246 g/mol. The second-order valence-electron chi connectivity index (χ2n) is 7.74. The fourth-order valence-electron chi connectivity index (χ4n) is 3.59. The third-order valence-corrected chi connectivity index (χ3v) is 4.67. The van der Waals surface area contributed by atoms with Gasteiger partial charge in [0.25, 0.3) is 0 Å². The van der Waals surface area contributed by atoms with E-state index in [1.807, 2.05) is 0 Å². The number of hydrogen-bond acceptors (Lipinski definition) is 2. The van der Waals surface area contributed by atoms with Gasteiger partial charge >= 0.3 is 0 Å². The van der Waals surface area contributed by atoms with E-state index in [9.17, 15) is 0 Å². The molecule has 0 aromatic heterocycles. The van der Waals surface area contributed by atoms with Crippen LogP contribution in [0.4, 0.5) is 0 Å². The fourth-order valence-corrected chi connectivity index (χ4v) is 3.59. The van der Waals surface area contributed by atoms with Crippen LogP contribution in [-0.4, -0.2) is 24.3 Å². The molecule has 20 heavy (non-hydrogen) atoms. The van der Waals surface area contributed by atoms with Gasteiger partial charge in [-0.25, -0.2) is 0 Å². The van der Waals surface area contributed by atoms with Crippen LogP contribution >= 0.6 is 0 Å². The first-order valence-corrected chi connectivity index (χ1v) is 8.55. The molecule has 0 aromatic carbocycles. The molecule has 2 rings (SSSR count). The zero-order chi connectivity index (χ0) is 14.5. The van der Waals surface area contributed by atoms with Gasteiger partial charge in [-0.05, 0) is 65.3 Å². The standard InChI is InChI=1S/C18H33NO/c1-17(2,3)19-13-8-5-9-16-10-14-20-18(15-16)11-6-4-7-12-18/h5,9,16,19H,4,6-8,10-15H2,1-3H3/b9-5+. The number of ether oxygens (including phenoxy) is 1. The van der Waals surface area contributed by atoms with Gasteiger partial charge in [-0.15, -0.1) is 0 Å². The summed E-state index contributed by atoms with van der Waals surface area (Å²) in [5.41, 5.74) is 0.480. The van der Waals surface area contributed by atoms with Crippen LogP contribution in [0.15, 0.2) is 12.2 Å². The maximum atomic E-state index is 6.16. The average Bonchev–Trinajstić information content (AvgIpc) is 2.38. The van der Waals surface area contributed by atoms with Crippen LogP contribution in [0.5, 0.6) is 0 Å². The van der Waals surface area contributed by atoms with E-state index in [0.29, 0.717) is 0 Å². The van der Waals surface area contributed by atoms with Crippen molar-refractivity contribution in [1.82, 2.24) is 5.32 Å². The quantitative estimate of drug-likeness (QED) is 0.606. The molecule has 2 heteroatoms. The van der Waals surface area contributed by atoms with Crippen molar-refractivity contribution in [3.05, 3.63) is 12.2 Å². The Kier molecular flexibility index (Phi) is 5.68. The molecule has 1 spiro atoms. The zero-order valence-electron chi connectivity index (χ0n) is 13.7. The molecule has 2 nitrogen and oxygen atoms in total. The number of nitrogens with one attached hydrogen (secondary N) is 1. The van der Waals surface area contributed by atoms with Crippen LogP contribution in [0.1, 0.15) is 72.1 Å². The second-order valence-corrected chi connectivity index (χ2v) is 7.74. The van der Waals surface area contributed by atoms with Gasteiger partial charge in [0.15, 0.2) is 0 Å². The molecule has 1 aliphatic heterocycles. The molecule has 0 bridgehead atoms. The lowest BCUT2D eigenvalue weighted by Gasteiger charge is -2.43. The van der Waals surface area contributed by atoms with Gasteiger partial charge in [-0.3, -0.25) is 0 Å². The largest absolute Gasteiger partial charge is 0.375 e. The van der Waals surface area contributed by atoms with Crippen molar-refractivity contribution >= 4 is 0 Å². The highest BCUT2D eigenvalue weighted by Gasteiger charge is 2.37. The SMILES string of the molecule is CC(C)(C)NCC/C=C/C1CCOC2(CCCCC2)C1. The Bertz CT molecular complexity index is 304. The summed E-state index contributed by atoms with van der Waals surface area (Å²) in [6.07, 6.45) is 15.2. The third kappa shape index (κ3) is 5.21. The molecular formula is C18H33NO. The molecule has 1 atom stereocenters. The summed E-state index contributed by atoms with van der Waals surface area (Å²) in [6, 6.07) is 0. The fraction of sp³-hybridized carbons (Fsp3) is 0.889. The van der Waals surface area contributed by atoms with Gasteiger partial charge in [0, 0.05) is 12.1 Å². The predicted octanol–water partition coefficient (Wildman–Crippen LogP) is 4.45. The van der Waals surface area contributed by atoms with E-state index >= 15 is 0 Å². The molecule has 0 aromatic rings. The van der Waals surface area contributed by atoms with Crippen molar-refractivity contribution in [3.63, 3.8) is 0 Å². The highest BCUT2D eigenvalue weighted by atomic mass is 16.5. The van der Waals surface area contributed by atoms with Crippen LogP contribution in [0.25, 0.3) is 0 Å². The monoisotopic (exact) mass is 279 g/mol. The Labute approximate surface area is 125 Å². The minimum atomic E-state index is 0.235. The summed E-state index contributed by atoms with van der Waals surface area (Å²) in [7, 11) is 0. The van der Waals surface area contributed by atoms with E-state index in [-0.39, 0.29) is 11.1 Å². The summed E-state index contributed by atoms with van der Waals surface area (Å²) in [4.78, 5) is 0. The molecule has 1 heterocycles. The molecule has 116 valence electrons. The lowest BCUT2D eigenvalue weighted by Crippen LogP contribution is -2.41. The summed E-state index contributed by atoms with van der Waals surface area (Å²) in [5, 5.41) is 3.54. The van der Waals surface area contributed by atoms with E-state index in [4.69, 9.17) is 4.74 Å². The Morgan fingerprint density at radius 2 is 1.95 bits per heavy atom. The van der Waals surface area contributed by atoms with Gasteiger partial charge in [-0.2, -0.15) is 0 Å². The molecule has 2 fully saturated rings. The Morgan fingerprint density at radius 1 is 1.20 bits per heavy atom. The van der Waals surface area contributed by atoms with Crippen LogP contribution in [0.2, 0.25) is 0 Å². The minimum Gasteiger partial charge on any atom is -0.375 e. The zero-order valence-corrected chi connectivity index (χ0v) is 13.7. The molecule has 0 amide bonds. The summed E-state index contributed by atoms with van der Waals surface area (Å²) < 4.78 is 6.16. The molecule has 1 N–H and O–H groups in total. The van der Waals surface area contributed by atoms with E-state index in [1.54, 1.807) is 0 Å². The maximum Gasteiger partial charge on any atom is 0.0688 e. The predicted molar refractivity (Wildman–Crippen MR) is 86.0 cm³/mol. The van der Waals surface area contributed by atoms with Crippen molar-refractivity contribution in [3.8, 4) is 0 Å². The molecule has 1 saturated carbocycles. The van der Waals surface area contributed by atoms with Gasteiger partial charge in [0.1, 0.15) is 0 Å². The first kappa shape index (κ1) is 16.0. The molecule has 1 saturated heterocycles. The number of allylic oxidation sites excluding steroid dienone is 1. The van der Waals surface area contributed by atoms with Gasteiger partial charge < -0.3 is 10.1 Å². The van der Waals surface area contributed by atoms with Gasteiger partial charge in [-0.1, -0.05) is 31.4 Å². The summed E-state index contributed by atoms with van der Waals surface area (Å²) in [6.45, 7) is 8.72. The number of rotatable bonds is 4. The average molecular weight is 279 g/mol. The Hall–Kier alpha value is -0.340. The van der Waals surface area contributed by atoms with Gasteiger partial charge in [0.2, 0.25) is 0 Å². The molecule has 1 aliphatic carbocycles. The first-order valence-electron chi connectivity index (χ1n) is 8.55. The highest BCUT2D eigenvalue weighted by molar-refractivity contribution is 4.97. The lowest BCUT2D eigenvalue weighted by atomic mass is 9.76. The van der Waals surface area contributed by atoms with E-state index in [2.05, 4.69) is 38.2 Å². The highest BCUT2D eigenvalue weighted by Crippen LogP contribution is 2.40. The van der Waals surface area contributed by atoms with Crippen LogP contribution < -0.4 is 5.32 Å². The van der Waals surface area contributed by atoms with Crippen LogP contribution in [-0.2, 0) is 4.74 Å². The Morgan fingerprint density at radius 3 is 2.65 bits per heavy atom. The smallest absolute Gasteiger partial charge is 0.0688 e. The van der Waals surface area contributed by atoms with Gasteiger partial charge in [0.05, 0.1) is 5.60 Å². The van der Waals surface area contributed by atoms with Crippen molar-refractivity contribution < 1.29 is 4.74 Å². The lowest BCUT2D eigenvalue weighted by molar-refractivity contribution is -0.111. The van der Waals surface area contributed by atoms with E-state index < -0.39 is 0 Å². The third-order valence-electron chi connectivity index (χ3n) is 4.67. The van der Waals surface area contributed by atoms with E-state index in [1.165, 1.54) is 44.9 Å². The molecule has 2 aliphatic rings. The minimum absolute atomic E-state index is 0.235. The summed E-state index contributed by atoms with van der Waals surface area (Å²) >= 11 is 0. The van der Waals surface area contributed by atoms with Crippen molar-refractivity contribution in [2.24, 2.45) is 5.92 Å². The first-order chi connectivity index (χ1) is 9.49. The Balaban J connectivity index is 1.72. The van der Waals surface area contributed by atoms with Crippen LogP contribution in [0.3, 0.4) is 0 Å². The van der Waals surface area contributed by atoms with Crippen molar-refractivity contribution in [1.29, 1.82) is 0 Å². The van der Waals surface area contributed by atoms with E-state index in [0.717, 1.165) is 25.5 Å². The van der Waals surface area contributed by atoms with Crippen molar-refractivity contribution in [2.45, 2.75) is 83.3 Å². The normalized spacial score (nSPS) is 27.2. The van der Waals surface area contributed by atoms with Crippen LogP contribution in [0, 0.1) is 5.92 Å². The molecule has 1 unspecified atom stereocenters. The maximum absolute atomic E-state index is 6.16. The molecule has 0 radical (unpaired) electrons.